The van der Waals surface area contributed by atoms with Gasteiger partial charge in [0.2, 0.25) is 0 Å². The van der Waals surface area contributed by atoms with Crippen LogP contribution in [0.1, 0.15) is 32.7 Å². The first-order valence-corrected chi connectivity index (χ1v) is 10.1. The number of primary amides is 1. The van der Waals surface area contributed by atoms with Crippen molar-refractivity contribution in [1.29, 1.82) is 0 Å². The zero-order valence-electron chi connectivity index (χ0n) is 17.2. The molecule has 1 aromatic heterocycles. The van der Waals surface area contributed by atoms with Crippen LogP contribution in [0.4, 0.5) is 23.2 Å². The molecule has 0 radical (unpaired) electrons. The van der Waals surface area contributed by atoms with Gasteiger partial charge < -0.3 is 16.0 Å². The van der Waals surface area contributed by atoms with E-state index in [4.69, 9.17) is 5.73 Å². The fraction of sp³-hybridized carbons (Fsp3) is 0.273. The molecular formula is C22H19F4N5O2. The van der Waals surface area contributed by atoms with Gasteiger partial charge >= 0.3 is 6.18 Å². The first-order valence-electron chi connectivity index (χ1n) is 10.1. The highest BCUT2D eigenvalue weighted by Crippen LogP contribution is 2.32. The van der Waals surface area contributed by atoms with Gasteiger partial charge in [0, 0.05) is 36.9 Å². The summed E-state index contributed by atoms with van der Waals surface area (Å²) in [7, 11) is 0. The summed E-state index contributed by atoms with van der Waals surface area (Å²) in [5.41, 5.74) is 5.39. The Kier molecular flexibility index (Phi) is 5.88. The van der Waals surface area contributed by atoms with E-state index in [-0.39, 0.29) is 18.0 Å². The van der Waals surface area contributed by atoms with Crippen LogP contribution in [0, 0.1) is 11.7 Å². The molecule has 3 aromatic rings. The number of hydrogen-bond acceptors (Lipinski definition) is 5. The summed E-state index contributed by atoms with van der Waals surface area (Å²) >= 11 is 0. The van der Waals surface area contributed by atoms with Crippen molar-refractivity contribution in [2.75, 3.05) is 24.5 Å². The lowest BCUT2D eigenvalue weighted by Gasteiger charge is -2.21. The van der Waals surface area contributed by atoms with E-state index in [0.29, 0.717) is 36.1 Å². The number of alkyl halides is 3. The van der Waals surface area contributed by atoms with Crippen molar-refractivity contribution in [3.8, 4) is 0 Å². The summed E-state index contributed by atoms with van der Waals surface area (Å²) in [6.45, 7) is 1.45. The second-order valence-corrected chi connectivity index (χ2v) is 7.78. The van der Waals surface area contributed by atoms with Crippen LogP contribution in [0.2, 0.25) is 0 Å². The largest absolute Gasteiger partial charge is 0.416 e. The van der Waals surface area contributed by atoms with Gasteiger partial charge in [0.1, 0.15) is 12.1 Å². The maximum atomic E-state index is 14.0. The maximum absolute atomic E-state index is 14.0. The summed E-state index contributed by atoms with van der Waals surface area (Å²) in [4.78, 5) is 34.3. The summed E-state index contributed by atoms with van der Waals surface area (Å²) in [5, 5.41) is 3.27. The molecule has 1 saturated heterocycles. The number of aromatic nitrogens is 2. The zero-order chi connectivity index (χ0) is 23.8. The predicted octanol–water partition coefficient (Wildman–Crippen LogP) is 3.14. The van der Waals surface area contributed by atoms with Gasteiger partial charge in [-0.1, -0.05) is 0 Å². The Morgan fingerprint density at radius 3 is 2.64 bits per heavy atom. The Balaban J connectivity index is 1.43. The molecular weight excluding hydrogens is 442 g/mol. The van der Waals surface area contributed by atoms with E-state index >= 15 is 0 Å². The van der Waals surface area contributed by atoms with Gasteiger partial charge in [-0.05, 0) is 42.7 Å². The molecule has 4 rings (SSSR count). The molecule has 1 fully saturated rings. The van der Waals surface area contributed by atoms with Crippen LogP contribution < -0.4 is 16.0 Å². The molecule has 1 atom stereocenters. The van der Waals surface area contributed by atoms with Gasteiger partial charge in [-0.25, -0.2) is 14.4 Å². The van der Waals surface area contributed by atoms with Gasteiger partial charge in [0.05, 0.1) is 22.2 Å². The quantitative estimate of drug-likeness (QED) is 0.569. The number of hydrogen-bond donors (Lipinski definition) is 2. The summed E-state index contributed by atoms with van der Waals surface area (Å²) in [5.74, 6) is -2.56. The number of nitrogens with two attached hydrogens (primary N) is 1. The topological polar surface area (TPSA) is 101 Å². The van der Waals surface area contributed by atoms with E-state index in [2.05, 4.69) is 20.2 Å². The van der Waals surface area contributed by atoms with Crippen LogP contribution in [-0.4, -0.2) is 41.4 Å². The van der Waals surface area contributed by atoms with E-state index in [1.807, 2.05) is 0 Å². The molecule has 7 nitrogen and oxygen atoms in total. The van der Waals surface area contributed by atoms with Crippen LogP contribution in [-0.2, 0) is 6.18 Å². The Morgan fingerprint density at radius 2 is 1.94 bits per heavy atom. The van der Waals surface area contributed by atoms with E-state index < -0.39 is 34.9 Å². The highest BCUT2D eigenvalue weighted by molar-refractivity contribution is 6.08. The number of halogens is 4. The second kappa shape index (κ2) is 8.64. The molecule has 2 heterocycles. The minimum absolute atomic E-state index is 0.0296. The van der Waals surface area contributed by atoms with Gasteiger partial charge in [-0.15, -0.1) is 0 Å². The maximum Gasteiger partial charge on any atom is 0.416 e. The Bertz CT molecular complexity index is 1230. The molecule has 33 heavy (non-hydrogen) atoms. The average molecular weight is 461 g/mol. The number of carbonyl (C=O) groups is 2. The van der Waals surface area contributed by atoms with E-state index in [1.165, 1.54) is 6.33 Å². The van der Waals surface area contributed by atoms with E-state index in [9.17, 15) is 27.2 Å². The number of fused-ring (bicyclic) bond motifs is 1. The third-order valence-corrected chi connectivity index (χ3v) is 5.64. The first-order chi connectivity index (χ1) is 15.6. The number of nitrogens with zero attached hydrogens (tertiary/aromatic N) is 3. The molecule has 3 N–H and O–H groups in total. The van der Waals surface area contributed by atoms with E-state index in [0.717, 1.165) is 18.2 Å². The lowest BCUT2D eigenvalue weighted by molar-refractivity contribution is -0.137. The van der Waals surface area contributed by atoms with Gasteiger partial charge in [0.25, 0.3) is 11.8 Å². The predicted molar refractivity (Wildman–Crippen MR) is 112 cm³/mol. The number of nitrogens with one attached hydrogen (secondary N) is 1. The summed E-state index contributed by atoms with van der Waals surface area (Å²) < 4.78 is 52.1. The minimum Gasteiger partial charge on any atom is -0.371 e. The third-order valence-electron chi connectivity index (χ3n) is 5.64. The molecule has 1 aliphatic heterocycles. The molecule has 0 bridgehead atoms. The molecule has 11 heteroatoms. The van der Waals surface area contributed by atoms with Crippen LogP contribution in [0.15, 0.2) is 42.9 Å². The average Bonchev–Trinajstić information content (AvgIpc) is 3.24. The Labute approximate surface area is 185 Å². The molecule has 172 valence electrons. The second-order valence-electron chi connectivity index (χ2n) is 7.78. The summed E-state index contributed by atoms with van der Waals surface area (Å²) in [6, 6.07) is 5.20. The minimum atomic E-state index is -4.69. The van der Waals surface area contributed by atoms with E-state index in [1.54, 1.807) is 18.3 Å². The lowest BCUT2D eigenvalue weighted by Crippen LogP contribution is -2.31. The molecule has 0 saturated carbocycles. The highest BCUT2D eigenvalue weighted by Gasteiger charge is 2.32. The van der Waals surface area contributed by atoms with Gasteiger partial charge in [0.15, 0.2) is 0 Å². The van der Waals surface area contributed by atoms with Crippen molar-refractivity contribution in [1.82, 2.24) is 15.3 Å². The Morgan fingerprint density at radius 1 is 1.18 bits per heavy atom. The zero-order valence-corrected chi connectivity index (χ0v) is 17.2. The standard InChI is InChI=1S/C22H19F4N5O2/c23-17-7-13(22(24,25)26)1-2-14(17)21(33)29-8-12-5-6-31(10-12)18-4-3-15(20(27)32)19-16(18)9-28-11-30-19/h1-4,7,9,11-12H,5-6,8,10H2,(H2,27,32)(H,29,33). The van der Waals surface area contributed by atoms with Crippen LogP contribution in [0.25, 0.3) is 10.9 Å². The highest BCUT2D eigenvalue weighted by atomic mass is 19.4. The fourth-order valence-electron chi connectivity index (χ4n) is 3.96. The molecule has 2 amide bonds. The number of amides is 2. The van der Waals surface area contributed by atoms with Crippen molar-refractivity contribution in [3.05, 3.63) is 65.4 Å². The third kappa shape index (κ3) is 4.57. The SMILES string of the molecule is NC(=O)c1ccc(N2CCC(CNC(=O)c3ccc(C(F)(F)F)cc3F)C2)c2cncnc12. The van der Waals surface area contributed by atoms with Gasteiger partial charge in [-0.3, -0.25) is 9.59 Å². The molecule has 0 aliphatic carbocycles. The molecule has 2 aromatic carbocycles. The normalized spacial score (nSPS) is 16.2. The van der Waals surface area contributed by atoms with Crippen LogP contribution >= 0.6 is 0 Å². The van der Waals surface area contributed by atoms with Crippen molar-refractivity contribution < 1.29 is 27.2 Å². The number of benzene rings is 2. The van der Waals surface area contributed by atoms with Crippen molar-refractivity contribution in [3.63, 3.8) is 0 Å². The molecule has 1 aliphatic rings. The number of carbonyl (C=O) groups excluding carboxylic acids is 2. The number of rotatable bonds is 5. The Hall–Kier alpha value is -3.76. The van der Waals surface area contributed by atoms with Crippen LogP contribution in [0.5, 0.6) is 0 Å². The van der Waals surface area contributed by atoms with Crippen molar-refractivity contribution in [2.45, 2.75) is 12.6 Å². The molecule has 1 unspecified atom stereocenters. The van der Waals surface area contributed by atoms with Crippen molar-refractivity contribution in [2.24, 2.45) is 11.7 Å². The van der Waals surface area contributed by atoms with Crippen molar-refractivity contribution >= 4 is 28.4 Å². The first kappa shape index (κ1) is 22.4. The lowest BCUT2D eigenvalue weighted by atomic mass is 10.1. The van der Waals surface area contributed by atoms with Gasteiger partial charge in [-0.2, -0.15) is 13.2 Å². The van der Waals surface area contributed by atoms with Crippen LogP contribution in [0.3, 0.4) is 0 Å². The monoisotopic (exact) mass is 461 g/mol. The smallest absolute Gasteiger partial charge is 0.371 e. The number of anilines is 1. The molecule has 0 spiro atoms. The fourth-order valence-corrected chi connectivity index (χ4v) is 3.96. The summed E-state index contributed by atoms with van der Waals surface area (Å²) in [6.07, 6.45) is -1.02.